The second kappa shape index (κ2) is 3.79. The molecule has 11 heavy (non-hydrogen) atoms. The Labute approximate surface area is 90.6 Å². The molecule has 0 heterocycles. The van der Waals surface area contributed by atoms with Gasteiger partial charge in [-0.1, -0.05) is 0 Å². The van der Waals surface area contributed by atoms with Gasteiger partial charge in [-0.25, -0.2) is 4.39 Å². The van der Waals surface area contributed by atoms with Crippen LogP contribution in [-0.4, -0.2) is 6.29 Å². The maximum absolute atomic E-state index is 12.6. The minimum Gasteiger partial charge on any atom is -0.298 e. The summed E-state index contributed by atoms with van der Waals surface area (Å²) < 4.78 is 14.2. The summed E-state index contributed by atoms with van der Waals surface area (Å²) in [5, 5.41) is 0. The molecule has 0 unspecified atom stereocenters. The van der Waals surface area contributed by atoms with Crippen LogP contribution in [-0.2, 0) is 0 Å². The lowest BCUT2D eigenvalue weighted by Gasteiger charge is -1.98. The third kappa shape index (κ3) is 2.11. The Morgan fingerprint density at radius 2 is 2.00 bits per heavy atom. The molecule has 1 nitrogen and oxygen atoms in total. The van der Waals surface area contributed by atoms with Gasteiger partial charge in [0.1, 0.15) is 5.82 Å². The van der Waals surface area contributed by atoms with Crippen LogP contribution in [0.25, 0.3) is 0 Å². The van der Waals surface area contributed by atoms with E-state index >= 15 is 0 Å². The quantitative estimate of drug-likeness (QED) is 0.419. The van der Waals surface area contributed by atoms with Gasteiger partial charge in [-0.05, 0) is 57.3 Å². The average molecular weight is 376 g/mol. The molecular formula is C7H3FI2O. The lowest BCUT2D eigenvalue weighted by molar-refractivity contribution is 0.112. The summed E-state index contributed by atoms with van der Waals surface area (Å²) >= 11 is 4.01. The topological polar surface area (TPSA) is 17.1 Å². The Balaban J connectivity index is 3.35. The number of benzene rings is 1. The average Bonchev–Trinajstić information content (AvgIpc) is 1.96. The highest BCUT2D eigenvalue weighted by molar-refractivity contribution is 14.1. The van der Waals surface area contributed by atoms with Crippen molar-refractivity contribution in [2.75, 3.05) is 0 Å². The molecule has 0 atom stereocenters. The maximum atomic E-state index is 12.6. The fourth-order valence-corrected chi connectivity index (χ4v) is 1.71. The van der Waals surface area contributed by atoms with Crippen LogP contribution in [0.4, 0.5) is 4.39 Å². The highest BCUT2D eigenvalue weighted by Gasteiger charge is 2.04. The van der Waals surface area contributed by atoms with Crippen LogP contribution in [0.1, 0.15) is 10.4 Å². The van der Waals surface area contributed by atoms with Crippen molar-refractivity contribution in [3.63, 3.8) is 0 Å². The maximum Gasteiger partial charge on any atom is 0.151 e. The largest absolute Gasteiger partial charge is 0.298 e. The van der Waals surface area contributed by atoms with Crippen molar-refractivity contribution in [3.05, 3.63) is 30.7 Å². The Morgan fingerprint density at radius 3 is 2.55 bits per heavy atom. The molecule has 0 saturated heterocycles. The van der Waals surface area contributed by atoms with E-state index in [0.717, 1.165) is 7.14 Å². The van der Waals surface area contributed by atoms with E-state index in [1.54, 1.807) is 0 Å². The monoisotopic (exact) mass is 376 g/mol. The second-order valence-electron chi connectivity index (χ2n) is 1.91. The molecule has 0 aromatic heterocycles. The first-order valence-corrected chi connectivity index (χ1v) is 4.90. The summed E-state index contributed by atoms with van der Waals surface area (Å²) in [6, 6.07) is 2.63. The Hall–Kier alpha value is 0.280. The van der Waals surface area contributed by atoms with Crippen LogP contribution in [0.3, 0.4) is 0 Å². The number of aldehydes is 1. The van der Waals surface area contributed by atoms with Gasteiger partial charge in [-0.3, -0.25) is 4.79 Å². The van der Waals surface area contributed by atoms with E-state index in [1.807, 2.05) is 45.2 Å². The molecule has 1 aromatic rings. The minimum atomic E-state index is -0.364. The van der Waals surface area contributed by atoms with Crippen molar-refractivity contribution in [1.29, 1.82) is 0 Å². The zero-order valence-electron chi connectivity index (χ0n) is 5.27. The second-order valence-corrected chi connectivity index (χ2v) is 4.15. The lowest BCUT2D eigenvalue weighted by Crippen LogP contribution is -1.91. The van der Waals surface area contributed by atoms with Crippen molar-refractivity contribution >= 4 is 51.5 Å². The molecule has 0 saturated carbocycles. The summed E-state index contributed by atoms with van der Waals surface area (Å²) in [5.74, 6) is -0.364. The van der Waals surface area contributed by atoms with Crippen molar-refractivity contribution < 1.29 is 9.18 Å². The molecule has 4 heteroatoms. The summed E-state index contributed by atoms with van der Waals surface area (Å²) in [7, 11) is 0. The van der Waals surface area contributed by atoms with Crippen molar-refractivity contribution in [1.82, 2.24) is 0 Å². The van der Waals surface area contributed by atoms with Crippen molar-refractivity contribution in [3.8, 4) is 0 Å². The third-order valence-corrected chi connectivity index (χ3v) is 4.23. The van der Waals surface area contributed by atoms with Gasteiger partial charge in [-0.15, -0.1) is 0 Å². The molecular weight excluding hydrogens is 373 g/mol. The summed E-state index contributed by atoms with van der Waals surface area (Å²) in [6.45, 7) is 0. The molecule has 0 bridgehead atoms. The summed E-state index contributed by atoms with van der Waals surface area (Å²) in [4.78, 5) is 10.4. The number of halogens is 3. The fraction of sp³-hybridized carbons (Fsp3) is 0. The smallest absolute Gasteiger partial charge is 0.151 e. The molecule has 0 aliphatic rings. The minimum absolute atomic E-state index is 0.364. The molecule has 58 valence electrons. The van der Waals surface area contributed by atoms with E-state index in [4.69, 9.17) is 0 Å². The van der Waals surface area contributed by atoms with Crippen LogP contribution in [0.15, 0.2) is 12.1 Å². The zero-order valence-corrected chi connectivity index (χ0v) is 9.59. The first kappa shape index (κ1) is 9.37. The Morgan fingerprint density at radius 1 is 1.36 bits per heavy atom. The van der Waals surface area contributed by atoms with Gasteiger partial charge < -0.3 is 0 Å². The fourth-order valence-electron chi connectivity index (χ4n) is 0.662. The van der Waals surface area contributed by atoms with E-state index in [9.17, 15) is 9.18 Å². The Kier molecular flexibility index (Phi) is 3.23. The van der Waals surface area contributed by atoms with Gasteiger partial charge in [0.2, 0.25) is 0 Å². The van der Waals surface area contributed by atoms with E-state index in [-0.39, 0.29) is 5.82 Å². The van der Waals surface area contributed by atoms with Crippen LogP contribution in [0, 0.1) is 13.0 Å². The third-order valence-electron chi connectivity index (χ3n) is 1.15. The highest BCUT2D eigenvalue weighted by Crippen LogP contribution is 2.19. The summed E-state index contributed by atoms with van der Waals surface area (Å²) in [6.07, 6.45) is 0.660. The van der Waals surface area contributed by atoms with Crippen molar-refractivity contribution in [2.24, 2.45) is 0 Å². The molecule has 0 radical (unpaired) electrons. The van der Waals surface area contributed by atoms with Gasteiger partial charge in [-0.2, -0.15) is 0 Å². The molecule has 0 spiro atoms. The van der Waals surface area contributed by atoms with Gasteiger partial charge in [0.25, 0.3) is 0 Å². The van der Waals surface area contributed by atoms with Crippen molar-refractivity contribution in [2.45, 2.75) is 0 Å². The standard InChI is InChI=1S/C7H3FI2O/c8-5-1-4(3-11)7(10)6(9)2-5/h1-3H. The zero-order chi connectivity index (χ0) is 8.43. The first-order chi connectivity index (χ1) is 5.15. The SMILES string of the molecule is O=Cc1cc(F)cc(I)c1I. The molecule has 0 aliphatic carbocycles. The highest BCUT2D eigenvalue weighted by atomic mass is 127. The normalized spacial score (nSPS) is 9.73. The van der Waals surface area contributed by atoms with E-state index < -0.39 is 0 Å². The molecule has 0 N–H and O–H groups in total. The number of rotatable bonds is 1. The number of carbonyl (C=O) groups is 1. The predicted octanol–water partition coefficient (Wildman–Crippen LogP) is 2.85. The molecule has 0 amide bonds. The molecule has 0 aliphatic heterocycles. The Bertz CT molecular complexity index is 299. The molecule has 0 fully saturated rings. The van der Waals surface area contributed by atoms with Crippen LogP contribution < -0.4 is 0 Å². The predicted molar refractivity (Wildman–Crippen MR) is 57.2 cm³/mol. The van der Waals surface area contributed by atoms with E-state index in [2.05, 4.69) is 0 Å². The van der Waals surface area contributed by atoms with Gasteiger partial charge in [0, 0.05) is 12.7 Å². The molecule has 1 rings (SSSR count). The number of hydrogen-bond acceptors (Lipinski definition) is 1. The summed E-state index contributed by atoms with van der Waals surface area (Å²) in [5.41, 5.74) is 0.412. The first-order valence-electron chi connectivity index (χ1n) is 2.75. The van der Waals surface area contributed by atoms with E-state index in [1.165, 1.54) is 12.1 Å². The van der Waals surface area contributed by atoms with Crippen LogP contribution in [0.2, 0.25) is 0 Å². The number of carbonyl (C=O) groups excluding carboxylic acids is 1. The molecule has 1 aromatic carbocycles. The van der Waals surface area contributed by atoms with Gasteiger partial charge >= 0.3 is 0 Å². The van der Waals surface area contributed by atoms with Crippen LogP contribution in [0.5, 0.6) is 0 Å². The number of hydrogen-bond donors (Lipinski definition) is 0. The van der Waals surface area contributed by atoms with Gasteiger partial charge in [0.05, 0.1) is 0 Å². The van der Waals surface area contributed by atoms with E-state index in [0.29, 0.717) is 11.8 Å². The van der Waals surface area contributed by atoms with Crippen LogP contribution >= 0.6 is 45.2 Å². The van der Waals surface area contributed by atoms with Gasteiger partial charge in [0.15, 0.2) is 6.29 Å². The lowest BCUT2D eigenvalue weighted by atomic mass is 10.2.